The van der Waals surface area contributed by atoms with Gasteiger partial charge in [0.2, 0.25) is 0 Å². The Labute approximate surface area is 117 Å². The molecule has 3 heteroatoms. The van der Waals surface area contributed by atoms with Crippen LogP contribution in [0, 0.1) is 5.92 Å². The molecule has 0 saturated carbocycles. The summed E-state index contributed by atoms with van der Waals surface area (Å²) >= 11 is 0. The van der Waals surface area contributed by atoms with E-state index in [4.69, 9.17) is 4.74 Å². The van der Waals surface area contributed by atoms with E-state index in [2.05, 4.69) is 50.8 Å². The fourth-order valence-electron chi connectivity index (χ4n) is 2.30. The van der Waals surface area contributed by atoms with Crippen molar-refractivity contribution in [1.29, 1.82) is 0 Å². The maximum Gasteiger partial charge on any atom is 0.142 e. The lowest BCUT2D eigenvalue weighted by molar-refractivity contribution is 0.233. The molecule has 1 rings (SSSR count). The minimum absolute atomic E-state index is 0.0961. The van der Waals surface area contributed by atoms with E-state index in [1.165, 1.54) is 5.56 Å². The van der Waals surface area contributed by atoms with Crippen LogP contribution in [0.4, 0.5) is 5.69 Å². The van der Waals surface area contributed by atoms with Crippen molar-refractivity contribution < 1.29 is 9.84 Å². The van der Waals surface area contributed by atoms with Crippen molar-refractivity contribution in [1.82, 2.24) is 0 Å². The summed E-state index contributed by atoms with van der Waals surface area (Å²) < 4.78 is 5.51. The average molecular weight is 265 g/mol. The standard InChI is InChI=1S/C16H27NO2/c1-11(2)13-7-8-14(16(9-13)19-6)17(5)15(10-18)12(3)4/h7-9,11-12,15,18H,10H2,1-6H3. The van der Waals surface area contributed by atoms with Gasteiger partial charge < -0.3 is 14.7 Å². The molecule has 1 atom stereocenters. The first-order valence-electron chi connectivity index (χ1n) is 6.94. The molecule has 19 heavy (non-hydrogen) atoms. The Bertz CT molecular complexity index is 402. The highest BCUT2D eigenvalue weighted by Crippen LogP contribution is 2.33. The van der Waals surface area contributed by atoms with Crippen LogP contribution in [0.3, 0.4) is 0 Å². The van der Waals surface area contributed by atoms with Gasteiger partial charge >= 0.3 is 0 Å². The highest BCUT2D eigenvalue weighted by Gasteiger charge is 2.21. The van der Waals surface area contributed by atoms with Gasteiger partial charge in [0, 0.05) is 7.05 Å². The molecule has 1 N–H and O–H groups in total. The van der Waals surface area contributed by atoms with Gasteiger partial charge in [0.1, 0.15) is 5.75 Å². The van der Waals surface area contributed by atoms with Crippen LogP contribution in [0.1, 0.15) is 39.2 Å². The first kappa shape index (κ1) is 15.8. The van der Waals surface area contributed by atoms with Crippen molar-refractivity contribution in [2.24, 2.45) is 5.92 Å². The number of hydrogen-bond acceptors (Lipinski definition) is 3. The minimum Gasteiger partial charge on any atom is -0.495 e. The normalized spacial score (nSPS) is 12.9. The summed E-state index contributed by atoms with van der Waals surface area (Å²) in [5.74, 6) is 1.73. The van der Waals surface area contributed by atoms with Crippen LogP contribution in [0.25, 0.3) is 0 Å². The van der Waals surface area contributed by atoms with Crippen molar-refractivity contribution in [2.75, 3.05) is 25.7 Å². The second kappa shape index (κ2) is 6.80. The highest BCUT2D eigenvalue weighted by atomic mass is 16.5. The van der Waals surface area contributed by atoms with E-state index in [9.17, 15) is 5.11 Å². The zero-order valence-electron chi connectivity index (χ0n) is 13.0. The van der Waals surface area contributed by atoms with Crippen LogP contribution in [-0.2, 0) is 0 Å². The monoisotopic (exact) mass is 265 g/mol. The zero-order valence-corrected chi connectivity index (χ0v) is 13.0. The van der Waals surface area contributed by atoms with Gasteiger partial charge in [0.05, 0.1) is 25.4 Å². The summed E-state index contributed by atoms with van der Waals surface area (Å²) in [5, 5.41) is 9.55. The number of rotatable bonds is 6. The Kier molecular flexibility index (Phi) is 5.67. The molecule has 0 saturated heterocycles. The molecule has 0 aliphatic rings. The predicted molar refractivity (Wildman–Crippen MR) is 81.2 cm³/mol. The molecule has 1 aromatic rings. The van der Waals surface area contributed by atoms with Crippen LogP contribution in [0.15, 0.2) is 18.2 Å². The van der Waals surface area contributed by atoms with Gasteiger partial charge in [0.15, 0.2) is 0 Å². The van der Waals surface area contributed by atoms with E-state index in [0.717, 1.165) is 11.4 Å². The van der Waals surface area contributed by atoms with Crippen LogP contribution in [-0.4, -0.2) is 31.9 Å². The van der Waals surface area contributed by atoms with Crippen LogP contribution < -0.4 is 9.64 Å². The molecular formula is C16H27NO2. The van der Waals surface area contributed by atoms with Gasteiger partial charge in [0.25, 0.3) is 0 Å². The molecule has 0 aromatic heterocycles. The van der Waals surface area contributed by atoms with Crippen LogP contribution in [0.2, 0.25) is 0 Å². The number of likely N-dealkylation sites (N-methyl/N-ethyl adjacent to an activating group) is 1. The Hall–Kier alpha value is -1.22. The molecule has 1 aromatic carbocycles. The van der Waals surface area contributed by atoms with E-state index < -0.39 is 0 Å². The first-order valence-corrected chi connectivity index (χ1v) is 6.94. The Morgan fingerprint density at radius 3 is 2.26 bits per heavy atom. The van der Waals surface area contributed by atoms with E-state index in [-0.39, 0.29) is 12.6 Å². The number of aliphatic hydroxyl groups is 1. The Morgan fingerprint density at radius 1 is 1.21 bits per heavy atom. The molecule has 1 unspecified atom stereocenters. The average Bonchev–Trinajstić information content (AvgIpc) is 2.37. The Morgan fingerprint density at radius 2 is 1.84 bits per heavy atom. The highest BCUT2D eigenvalue weighted by molar-refractivity contribution is 5.60. The topological polar surface area (TPSA) is 32.7 Å². The first-order chi connectivity index (χ1) is 8.92. The summed E-state index contributed by atoms with van der Waals surface area (Å²) in [4.78, 5) is 2.10. The molecule has 0 aliphatic heterocycles. The zero-order chi connectivity index (χ0) is 14.6. The Balaban J connectivity index is 3.12. The summed E-state index contributed by atoms with van der Waals surface area (Å²) in [6.45, 7) is 8.72. The molecule has 0 heterocycles. The number of benzene rings is 1. The quantitative estimate of drug-likeness (QED) is 0.857. The maximum atomic E-state index is 9.55. The van der Waals surface area contributed by atoms with Gasteiger partial charge in [-0.05, 0) is 29.5 Å². The van der Waals surface area contributed by atoms with Gasteiger partial charge in [-0.15, -0.1) is 0 Å². The van der Waals surface area contributed by atoms with Crippen molar-refractivity contribution in [3.8, 4) is 5.75 Å². The fourth-order valence-corrected chi connectivity index (χ4v) is 2.30. The molecule has 3 nitrogen and oxygen atoms in total. The molecule has 0 amide bonds. The lowest BCUT2D eigenvalue weighted by atomic mass is 10.00. The van der Waals surface area contributed by atoms with Crippen LogP contribution >= 0.6 is 0 Å². The van der Waals surface area contributed by atoms with Gasteiger partial charge in [-0.25, -0.2) is 0 Å². The summed E-state index contributed by atoms with van der Waals surface area (Å²) in [5.41, 5.74) is 2.29. The van der Waals surface area contributed by atoms with Gasteiger partial charge in [-0.3, -0.25) is 0 Å². The van der Waals surface area contributed by atoms with Crippen molar-refractivity contribution in [2.45, 2.75) is 39.7 Å². The molecule has 108 valence electrons. The predicted octanol–water partition coefficient (Wildman–Crippen LogP) is 3.27. The van der Waals surface area contributed by atoms with Crippen molar-refractivity contribution in [3.63, 3.8) is 0 Å². The number of hydrogen-bond donors (Lipinski definition) is 1. The maximum absolute atomic E-state index is 9.55. The lowest BCUT2D eigenvalue weighted by Crippen LogP contribution is -2.39. The SMILES string of the molecule is COc1cc(C(C)C)ccc1N(C)C(CO)C(C)C. The van der Waals surface area contributed by atoms with E-state index in [1.807, 2.05) is 7.05 Å². The van der Waals surface area contributed by atoms with E-state index in [0.29, 0.717) is 11.8 Å². The minimum atomic E-state index is 0.0961. The third-order valence-corrected chi connectivity index (χ3v) is 3.70. The number of nitrogens with zero attached hydrogens (tertiary/aromatic N) is 1. The third kappa shape index (κ3) is 3.63. The largest absolute Gasteiger partial charge is 0.495 e. The summed E-state index contributed by atoms with van der Waals surface area (Å²) in [6.07, 6.45) is 0. The van der Waals surface area contributed by atoms with Crippen molar-refractivity contribution >= 4 is 5.69 Å². The van der Waals surface area contributed by atoms with Crippen LogP contribution in [0.5, 0.6) is 5.75 Å². The molecule has 0 aliphatic carbocycles. The number of aliphatic hydroxyl groups excluding tert-OH is 1. The van der Waals surface area contributed by atoms with Crippen molar-refractivity contribution in [3.05, 3.63) is 23.8 Å². The number of ether oxygens (including phenoxy) is 1. The van der Waals surface area contributed by atoms with E-state index >= 15 is 0 Å². The lowest BCUT2D eigenvalue weighted by Gasteiger charge is -2.32. The smallest absolute Gasteiger partial charge is 0.142 e. The number of methoxy groups -OCH3 is 1. The number of anilines is 1. The van der Waals surface area contributed by atoms with Gasteiger partial charge in [-0.1, -0.05) is 33.8 Å². The second-order valence-electron chi connectivity index (χ2n) is 5.69. The van der Waals surface area contributed by atoms with Gasteiger partial charge in [-0.2, -0.15) is 0 Å². The molecule has 0 fully saturated rings. The third-order valence-electron chi connectivity index (χ3n) is 3.70. The fraction of sp³-hybridized carbons (Fsp3) is 0.625. The molecule has 0 radical (unpaired) electrons. The molecule has 0 spiro atoms. The summed E-state index contributed by atoms with van der Waals surface area (Å²) in [7, 11) is 3.70. The second-order valence-corrected chi connectivity index (χ2v) is 5.69. The molecule has 0 bridgehead atoms. The summed E-state index contributed by atoms with van der Waals surface area (Å²) in [6, 6.07) is 6.40. The van der Waals surface area contributed by atoms with E-state index in [1.54, 1.807) is 7.11 Å². The molecular weight excluding hydrogens is 238 g/mol.